The molecule has 0 fully saturated rings. The summed E-state index contributed by atoms with van der Waals surface area (Å²) in [7, 11) is 1.70. The number of nitrogens with one attached hydrogen (secondary N) is 1. The molecule has 0 radical (unpaired) electrons. The highest BCUT2D eigenvalue weighted by Gasteiger charge is 2.11. The summed E-state index contributed by atoms with van der Waals surface area (Å²) >= 11 is 1.79. The van der Waals surface area contributed by atoms with Crippen molar-refractivity contribution in [3.63, 3.8) is 0 Å². The monoisotopic (exact) mass is 304 g/mol. The second kappa shape index (κ2) is 8.15. The van der Waals surface area contributed by atoms with Crippen LogP contribution in [0.1, 0.15) is 37.3 Å². The minimum absolute atomic E-state index is 0.878. The number of benzene rings is 1. The zero-order valence-corrected chi connectivity index (χ0v) is 13.9. The van der Waals surface area contributed by atoms with Gasteiger partial charge in [-0.2, -0.15) is 0 Å². The number of methoxy groups -OCH3 is 1. The van der Waals surface area contributed by atoms with Gasteiger partial charge in [0.15, 0.2) is 0 Å². The maximum absolute atomic E-state index is 5.30. The Balaban J connectivity index is 2.15. The molecule has 0 saturated carbocycles. The van der Waals surface area contributed by atoms with Gasteiger partial charge in [-0.1, -0.05) is 32.4 Å². The largest absolute Gasteiger partial charge is 0.497 e. The summed E-state index contributed by atoms with van der Waals surface area (Å²) in [4.78, 5) is 6.15. The van der Waals surface area contributed by atoms with Crippen LogP contribution in [0.3, 0.4) is 0 Å². The predicted octanol–water partition coefficient (Wildman–Crippen LogP) is 4.27. The zero-order chi connectivity index (χ0) is 15.1. The van der Waals surface area contributed by atoms with Gasteiger partial charge in [0.2, 0.25) is 0 Å². The molecule has 1 heterocycles. The van der Waals surface area contributed by atoms with Crippen LogP contribution in [0, 0.1) is 0 Å². The summed E-state index contributed by atoms with van der Waals surface area (Å²) in [5.74, 6) is 0.878. The second-order valence-electron chi connectivity index (χ2n) is 5.00. The van der Waals surface area contributed by atoms with Crippen LogP contribution in [0.4, 0.5) is 0 Å². The first-order valence-corrected chi connectivity index (χ1v) is 8.43. The molecule has 4 heteroatoms. The number of thiazole rings is 1. The van der Waals surface area contributed by atoms with Crippen molar-refractivity contribution < 1.29 is 4.74 Å². The van der Waals surface area contributed by atoms with Gasteiger partial charge < -0.3 is 10.1 Å². The first-order chi connectivity index (χ1) is 10.3. The third-order valence-corrected chi connectivity index (χ3v) is 4.57. The number of aryl methyl sites for hydroxylation is 1. The van der Waals surface area contributed by atoms with E-state index in [9.17, 15) is 0 Å². The first-order valence-electron chi connectivity index (χ1n) is 7.62. The van der Waals surface area contributed by atoms with Crippen LogP contribution in [-0.4, -0.2) is 18.6 Å². The minimum Gasteiger partial charge on any atom is -0.497 e. The number of aromatic nitrogens is 1. The van der Waals surface area contributed by atoms with Gasteiger partial charge in [-0.25, -0.2) is 4.98 Å². The van der Waals surface area contributed by atoms with E-state index in [-0.39, 0.29) is 0 Å². The summed E-state index contributed by atoms with van der Waals surface area (Å²) in [6.07, 6.45) is 3.43. The highest BCUT2D eigenvalue weighted by Crippen LogP contribution is 2.30. The molecule has 1 aromatic carbocycles. The van der Waals surface area contributed by atoms with Crippen molar-refractivity contribution in [2.75, 3.05) is 13.7 Å². The molecule has 2 rings (SSSR count). The second-order valence-corrected chi connectivity index (χ2v) is 6.09. The fourth-order valence-corrected chi connectivity index (χ4v) is 3.30. The average Bonchev–Trinajstić information content (AvgIpc) is 2.95. The van der Waals surface area contributed by atoms with E-state index in [0.29, 0.717) is 0 Å². The number of ether oxygens (including phenoxy) is 1. The Morgan fingerprint density at radius 1 is 1.29 bits per heavy atom. The van der Waals surface area contributed by atoms with Gasteiger partial charge in [0.05, 0.1) is 12.8 Å². The van der Waals surface area contributed by atoms with Crippen LogP contribution < -0.4 is 10.1 Å². The molecule has 0 aliphatic heterocycles. The molecule has 3 nitrogen and oxygen atoms in total. The van der Waals surface area contributed by atoms with Crippen LogP contribution >= 0.6 is 11.3 Å². The van der Waals surface area contributed by atoms with Gasteiger partial charge in [-0.3, -0.25) is 0 Å². The lowest BCUT2D eigenvalue weighted by atomic mass is 10.2. The van der Waals surface area contributed by atoms with Gasteiger partial charge in [0.1, 0.15) is 10.8 Å². The molecule has 0 atom stereocenters. The molecule has 0 unspecified atom stereocenters. The van der Waals surface area contributed by atoms with Gasteiger partial charge >= 0.3 is 0 Å². The molecule has 21 heavy (non-hydrogen) atoms. The van der Waals surface area contributed by atoms with Crippen LogP contribution in [0.5, 0.6) is 5.75 Å². The van der Waals surface area contributed by atoms with Crippen molar-refractivity contribution in [1.82, 2.24) is 10.3 Å². The number of hydrogen-bond acceptors (Lipinski definition) is 4. The average molecular weight is 304 g/mol. The quantitative estimate of drug-likeness (QED) is 0.740. The summed E-state index contributed by atoms with van der Waals surface area (Å²) in [6.45, 7) is 6.38. The molecule has 0 spiro atoms. The Morgan fingerprint density at radius 2 is 2.14 bits per heavy atom. The highest BCUT2D eigenvalue weighted by atomic mass is 32.1. The topological polar surface area (TPSA) is 34.1 Å². The lowest BCUT2D eigenvalue weighted by molar-refractivity contribution is 0.415. The van der Waals surface area contributed by atoms with E-state index in [0.717, 1.165) is 35.8 Å². The maximum atomic E-state index is 5.30. The Morgan fingerprint density at radius 3 is 2.86 bits per heavy atom. The van der Waals surface area contributed by atoms with E-state index in [4.69, 9.17) is 9.72 Å². The van der Waals surface area contributed by atoms with Gasteiger partial charge in [0.25, 0.3) is 0 Å². The summed E-state index contributed by atoms with van der Waals surface area (Å²) in [5.41, 5.74) is 2.34. The third-order valence-electron chi connectivity index (χ3n) is 3.42. The lowest BCUT2D eigenvalue weighted by Gasteiger charge is -2.02. The van der Waals surface area contributed by atoms with Crippen LogP contribution in [-0.2, 0) is 13.0 Å². The van der Waals surface area contributed by atoms with Crippen LogP contribution in [0.25, 0.3) is 10.6 Å². The fourth-order valence-electron chi connectivity index (χ4n) is 2.18. The van der Waals surface area contributed by atoms with Gasteiger partial charge in [0, 0.05) is 17.0 Å². The molecule has 114 valence electrons. The molecule has 0 amide bonds. The predicted molar refractivity (Wildman–Crippen MR) is 90.1 cm³/mol. The standard InChI is InChI=1S/C17H24N2OS/c1-4-6-10-18-12-16-15(5-2)19-17(21-16)13-8-7-9-14(11-13)20-3/h7-9,11,18H,4-6,10,12H2,1-3H3. The molecule has 1 aromatic heterocycles. The molecule has 2 aromatic rings. The first kappa shape index (κ1) is 16.0. The molecular formula is C17H24N2OS. The number of nitrogens with zero attached hydrogens (tertiary/aromatic N) is 1. The van der Waals surface area contributed by atoms with Crippen molar-refractivity contribution in [1.29, 1.82) is 0 Å². The summed E-state index contributed by atoms with van der Waals surface area (Å²) < 4.78 is 5.30. The van der Waals surface area contributed by atoms with Crippen molar-refractivity contribution in [3.05, 3.63) is 34.8 Å². The Hall–Kier alpha value is -1.39. The summed E-state index contributed by atoms with van der Waals surface area (Å²) in [6, 6.07) is 8.12. The molecule has 1 N–H and O–H groups in total. The van der Waals surface area contributed by atoms with E-state index in [1.807, 2.05) is 18.2 Å². The minimum atomic E-state index is 0.878. The number of unbranched alkanes of at least 4 members (excludes halogenated alkanes) is 1. The SMILES string of the molecule is CCCCNCc1sc(-c2cccc(OC)c2)nc1CC. The van der Waals surface area contributed by atoms with Crippen molar-refractivity contribution >= 4 is 11.3 Å². The fraction of sp³-hybridized carbons (Fsp3) is 0.471. The molecule has 0 aliphatic rings. The Bertz CT molecular complexity index is 566. The van der Waals surface area contributed by atoms with E-state index in [2.05, 4.69) is 25.2 Å². The van der Waals surface area contributed by atoms with Crippen molar-refractivity contribution in [2.45, 2.75) is 39.7 Å². The van der Waals surface area contributed by atoms with E-state index >= 15 is 0 Å². The molecular weight excluding hydrogens is 280 g/mol. The third kappa shape index (κ3) is 4.29. The number of rotatable bonds is 8. The zero-order valence-electron chi connectivity index (χ0n) is 13.1. The van der Waals surface area contributed by atoms with Crippen LogP contribution in [0.15, 0.2) is 24.3 Å². The van der Waals surface area contributed by atoms with Crippen LogP contribution in [0.2, 0.25) is 0 Å². The Kier molecular flexibility index (Phi) is 6.21. The molecule has 0 bridgehead atoms. The molecule has 0 aliphatic carbocycles. The maximum Gasteiger partial charge on any atom is 0.124 e. The van der Waals surface area contributed by atoms with Crippen molar-refractivity contribution in [2.24, 2.45) is 0 Å². The highest BCUT2D eigenvalue weighted by molar-refractivity contribution is 7.15. The van der Waals surface area contributed by atoms with Gasteiger partial charge in [-0.05, 0) is 31.5 Å². The van der Waals surface area contributed by atoms with E-state index in [1.54, 1.807) is 18.4 Å². The Labute approximate surface area is 131 Å². The normalized spacial score (nSPS) is 10.8. The smallest absolute Gasteiger partial charge is 0.124 e. The summed E-state index contributed by atoms with van der Waals surface area (Å²) in [5, 5.41) is 4.59. The number of hydrogen-bond donors (Lipinski definition) is 1. The molecule has 0 saturated heterocycles. The van der Waals surface area contributed by atoms with Crippen molar-refractivity contribution in [3.8, 4) is 16.3 Å². The van der Waals surface area contributed by atoms with Gasteiger partial charge in [-0.15, -0.1) is 11.3 Å². The van der Waals surface area contributed by atoms with E-state index in [1.165, 1.54) is 23.4 Å². The lowest BCUT2D eigenvalue weighted by Crippen LogP contribution is -2.14. The van der Waals surface area contributed by atoms with E-state index < -0.39 is 0 Å².